The van der Waals surface area contributed by atoms with E-state index in [1.54, 1.807) is 11.3 Å². The topological polar surface area (TPSA) is 51.0 Å². The molecule has 90 valence electrons. The van der Waals surface area contributed by atoms with Crippen LogP contribution in [0.3, 0.4) is 0 Å². The highest BCUT2D eigenvalue weighted by Crippen LogP contribution is 2.19. The third-order valence-corrected chi connectivity index (χ3v) is 3.80. The van der Waals surface area contributed by atoms with Gasteiger partial charge in [-0.15, -0.1) is 0 Å². The fraction of sp³-hybridized carbons (Fsp3) is 0.500. The minimum Gasteiger partial charge on any atom is -0.339 e. The zero-order valence-corrected chi connectivity index (χ0v) is 10.4. The number of aryl methyl sites for hydroxylation is 1. The lowest BCUT2D eigenvalue weighted by atomic mass is 10.1. The molecule has 0 radical (unpaired) electrons. The molecule has 4 nitrogen and oxygen atoms in total. The average Bonchev–Trinajstić information content (AvgIpc) is 3.09. The molecule has 0 spiro atoms. The second-order valence-electron chi connectivity index (χ2n) is 4.36. The van der Waals surface area contributed by atoms with E-state index >= 15 is 0 Å². The van der Waals surface area contributed by atoms with Gasteiger partial charge in [0, 0.05) is 23.4 Å². The van der Waals surface area contributed by atoms with Crippen molar-refractivity contribution in [3.63, 3.8) is 0 Å². The molecule has 0 amide bonds. The minimum absolute atomic E-state index is 0.631. The zero-order valence-electron chi connectivity index (χ0n) is 9.56. The third-order valence-electron chi connectivity index (χ3n) is 3.12. The first-order valence-corrected chi connectivity index (χ1v) is 6.94. The van der Waals surface area contributed by atoms with Gasteiger partial charge in [0.15, 0.2) is 0 Å². The molecule has 1 atom stereocenters. The summed E-state index contributed by atoms with van der Waals surface area (Å²) in [5.74, 6) is 1.46. The van der Waals surface area contributed by atoms with Gasteiger partial charge in [0.05, 0.1) is 0 Å². The largest absolute Gasteiger partial charge is 0.339 e. The Morgan fingerprint density at radius 3 is 3.29 bits per heavy atom. The van der Waals surface area contributed by atoms with Gasteiger partial charge in [-0.25, -0.2) is 0 Å². The molecule has 2 aromatic heterocycles. The Hall–Kier alpha value is -1.20. The van der Waals surface area contributed by atoms with E-state index in [1.165, 1.54) is 12.8 Å². The predicted octanol–water partition coefficient (Wildman–Crippen LogP) is 2.48. The van der Waals surface area contributed by atoms with Crippen molar-refractivity contribution in [1.82, 2.24) is 15.5 Å². The van der Waals surface area contributed by atoms with E-state index in [0.29, 0.717) is 11.9 Å². The van der Waals surface area contributed by atoms with E-state index in [4.69, 9.17) is 4.52 Å². The zero-order chi connectivity index (χ0) is 11.5. The molecule has 1 unspecified atom stereocenters. The van der Waals surface area contributed by atoms with Crippen LogP contribution < -0.4 is 5.32 Å². The summed E-state index contributed by atoms with van der Waals surface area (Å²) in [6.07, 6.45) is 4.51. The number of aromatic nitrogens is 2. The summed E-state index contributed by atoms with van der Waals surface area (Å²) < 4.78 is 5.26. The molecule has 0 aromatic carbocycles. The first-order valence-electron chi connectivity index (χ1n) is 6.00. The van der Waals surface area contributed by atoms with Gasteiger partial charge in [-0.2, -0.15) is 16.3 Å². The molecule has 3 rings (SSSR count). The Bertz CT molecular complexity index is 460. The molecule has 1 N–H and O–H groups in total. The molecule has 1 aliphatic rings. The fourth-order valence-corrected chi connectivity index (χ4v) is 2.80. The van der Waals surface area contributed by atoms with Crippen molar-refractivity contribution in [2.24, 2.45) is 0 Å². The van der Waals surface area contributed by atoms with Gasteiger partial charge >= 0.3 is 0 Å². The lowest BCUT2D eigenvalue weighted by molar-refractivity contribution is 0.369. The van der Waals surface area contributed by atoms with Gasteiger partial charge in [-0.1, -0.05) is 5.16 Å². The highest BCUT2D eigenvalue weighted by Gasteiger charge is 2.16. The molecule has 1 saturated heterocycles. The van der Waals surface area contributed by atoms with Crippen molar-refractivity contribution in [2.45, 2.75) is 31.7 Å². The van der Waals surface area contributed by atoms with Crippen LogP contribution in [-0.4, -0.2) is 22.7 Å². The highest BCUT2D eigenvalue weighted by molar-refractivity contribution is 7.08. The van der Waals surface area contributed by atoms with Crippen LogP contribution in [0.15, 0.2) is 21.3 Å². The first kappa shape index (κ1) is 10.9. The van der Waals surface area contributed by atoms with Gasteiger partial charge in [0.2, 0.25) is 11.7 Å². The van der Waals surface area contributed by atoms with Crippen molar-refractivity contribution < 1.29 is 4.52 Å². The van der Waals surface area contributed by atoms with Gasteiger partial charge in [0.1, 0.15) is 0 Å². The van der Waals surface area contributed by atoms with Gasteiger partial charge in [-0.3, -0.25) is 0 Å². The summed E-state index contributed by atoms with van der Waals surface area (Å²) in [5.41, 5.74) is 1.05. The average molecular weight is 249 g/mol. The Labute approximate surface area is 104 Å². The molecule has 2 aromatic rings. The van der Waals surface area contributed by atoms with Crippen molar-refractivity contribution >= 4 is 11.3 Å². The Morgan fingerprint density at radius 1 is 1.53 bits per heavy atom. The summed E-state index contributed by atoms with van der Waals surface area (Å²) in [6.45, 7) is 1.15. The number of thiophene rings is 1. The smallest absolute Gasteiger partial charge is 0.227 e. The molecule has 0 aliphatic carbocycles. The van der Waals surface area contributed by atoms with E-state index in [9.17, 15) is 0 Å². The normalized spacial score (nSPS) is 19.9. The molecule has 1 fully saturated rings. The minimum atomic E-state index is 0.631. The second kappa shape index (κ2) is 4.98. The van der Waals surface area contributed by atoms with E-state index in [2.05, 4.69) is 15.5 Å². The monoisotopic (exact) mass is 249 g/mol. The molecular formula is C12H15N3OS. The predicted molar refractivity (Wildman–Crippen MR) is 67.0 cm³/mol. The highest BCUT2D eigenvalue weighted by atomic mass is 32.1. The molecule has 0 bridgehead atoms. The number of nitrogens with one attached hydrogen (secondary N) is 1. The van der Waals surface area contributed by atoms with Crippen LogP contribution in [0.2, 0.25) is 0 Å². The van der Waals surface area contributed by atoms with Gasteiger partial charge < -0.3 is 9.84 Å². The van der Waals surface area contributed by atoms with E-state index < -0.39 is 0 Å². The lowest BCUT2D eigenvalue weighted by Crippen LogP contribution is -2.21. The van der Waals surface area contributed by atoms with Crippen LogP contribution in [0, 0.1) is 0 Å². The van der Waals surface area contributed by atoms with Crippen molar-refractivity contribution in [2.75, 3.05) is 6.54 Å². The maximum Gasteiger partial charge on any atom is 0.227 e. The SMILES string of the molecule is c1cc(-c2noc(CCC3CCCN3)n2)cs1. The Balaban J connectivity index is 1.60. The maximum atomic E-state index is 5.26. The number of nitrogens with zero attached hydrogens (tertiary/aromatic N) is 2. The maximum absolute atomic E-state index is 5.26. The van der Waals surface area contributed by atoms with Crippen LogP contribution in [0.5, 0.6) is 0 Å². The van der Waals surface area contributed by atoms with Crippen LogP contribution in [-0.2, 0) is 6.42 Å². The van der Waals surface area contributed by atoms with Gasteiger partial charge in [0.25, 0.3) is 0 Å². The van der Waals surface area contributed by atoms with Crippen LogP contribution in [0.1, 0.15) is 25.2 Å². The summed E-state index contributed by atoms with van der Waals surface area (Å²) in [4.78, 5) is 4.41. The van der Waals surface area contributed by atoms with Crippen molar-refractivity contribution in [3.8, 4) is 11.4 Å². The summed E-state index contributed by atoms with van der Waals surface area (Å²) in [6, 6.07) is 2.64. The third kappa shape index (κ3) is 2.56. The summed E-state index contributed by atoms with van der Waals surface area (Å²) in [7, 11) is 0. The van der Waals surface area contributed by atoms with Crippen molar-refractivity contribution in [3.05, 3.63) is 22.7 Å². The number of hydrogen-bond acceptors (Lipinski definition) is 5. The molecular weight excluding hydrogens is 234 g/mol. The van der Waals surface area contributed by atoms with E-state index in [-0.39, 0.29) is 0 Å². The molecule has 3 heterocycles. The standard InChI is InChI=1S/C12H15N3OS/c1-2-10(13-6-1)3-4-11-14-12(15-16-11)9-5-7-17-8-9/h5,7-8,10,13H,1-4,6H2. The fourth-order valence-electron chi connectivity index (χ4n) is 2.17. The summed E-state index contributed by atoms with van der Waals surface area (Å²) >= 11 is 1.65. The molecule has 1 aliphatic heterocycles. The van der Waals surface area contributed by atoms with E-state index in [0.717, 1.165) is 30.8 Å². The Kier molecular flexibility index (Phi) is 3.20. The molecule has 17 heavy (non-hydrogen) atoms. The van der Waals surface area contributed by atoms with Crippen LogP contribution >= 0.6 is 11.3 Å². The quantitative estimate of drug-likeness (QED) is 0.904. The number of rotatable bonds is 4. The molecule has 5 heteroatoms. The molecule has 0 saturated carbocycles. The number of hydrogen-bond donors (Lipinski definition) is 1. The Morgan fingerprint density at radius 2 is 2.53 bits per heavy atom. The second-order valence-corrected chi connectivity index (χ2v) is 5.14. The summed E-state index contributed by atoms with van der Waals surface area (Å²) in [5, 5.41) is 11.5. The van der Waals surface area contributed by atoms with Gasteiger partial charge in [-0.05, 0) is 37.3 Å². The lowest BCUT2D eigenvalue weighted by Gasteiger charge is -2.06. The van der Waals surface area contributed by atoms with E-state index in [1.807, 2.05) is 16.8 Å². The van der Waals surface area contributed by atoms with Crippen LogP contribution in [0.25, 0.3) is 11.4 Å². The first-order chi connectivity index (χ1) is 8.42. The van der Waals surface area contributed by atoms with Crippen molar-refractivity contribution in [1.29, 1.82) is 0 Å². The van der Waals surface area contributed by atoms with Crippen LogP contribution in [0.4, 0.5) is 0 Å².